The highest BCUT2D eigenvalue weighted by Gasteiger charge is 2.13. The number of para-hydroxylation sites is 1. The lowest BCUT2D eigenvalue weighted by Crippen LogP contribution is -2.17. The van der Waals surface area contributed by atoms with Crippen LogP contribution in [0.1, 0.15) is 19.4 Å². The van der Waals surface area contributed by atoms with Gasteiger partial charge in [0.05, 0.1) is 23.9 Å². The molecule has 7 nitrogen and oxygen atoms in total. The largest absolute Gasteiger partial charge is 0.493 e. The van der Waals surface area contributed by atoms with E-state index in [0.717, 1.165) is 28.7 Å². The molecule has 1 aromatic heterocycles. The number of nitrogens with zero attached hydrogens (tertiary/aromatic N) is 4. The smallest absolute Gasteiger partial charge is 0.214 e. The number of methoxy groups -OCH3 is 1. The number of hydrogen-bond donors (Lipinski definition) is 1. The standard InChI is InChI=1S/C20H24ClN5O2S/c1-14(2)28-19-17(21)11-15(12-18(19)27-3)13-22-9-10-29-20-23-24-25-26(20)16-7-5-4-6-8-16/h4-8,11-12,14,22H,9-10,13H2,1-3H3. The molecule has 0 spiro atoms. The van der Waals surface area contributed by atoms with Crippen molar-refractivity contribution in [3.63, 3.8) is 0 Å². The van der Waals surface area contributed by atoms with Gasteiger partial charge in [-0.3, -0.25) is 0 Å². The summed E-state index contributed by atoms with van der Waals surface area (Å²) in [5.74, 6) is 2.04. The summed E-state index contributed by atoms with van der Waals surface area (Å²) in [6.45, 7) is 5.37. The van der Waals surface area contributed by atoms with Crippen LogP contribution >= 0.6 is 23.4 Å². The van der Waals surface area contributed by atoms with Crippen molar-refractivity contribution in [1.29, 1.82) is 0 Å². The minimum absolute atomic E-state index is 0.0230. The molecule has 154 valence electrons. The van der Waals surface area contributed by atoms with Crippen LogP contribution in [0, 0.1) is 0 Å². The first-order valence-electron chi connectivity index (χ1n) is 9.29. The maximum Gasteiger partial charge on any atom is 0.214 e. The normalized spacial score (nSPS) is 11.1. The third-order valence-electron chi connectivity index (χ3n) is 3.92. The molecule has 0 atom stereocenters. The monoisotopic (exact) mass is 433 g/mol. The van der Waals surface area contributed by atoms with Crippen molar-refractivity contribution < 1.29 is 9.47 Å². The van der Waals surface area contributed by atoms with Gasteiger partial charge >= 0.3 is 0 Å². The fourth-order valence-corrected chi connectivity index (χ4v) is 3.74. The van der Waals surface area contributed by atoms with Crippen molar-refractivity contribution in [2.45, 2.75) is 31.7 Å². The Morgan fingerprint density at radius 3 is 2.72 bits per heavy atom. The van der Waals surface area contributed by atoms with Gasteiger partial charge in [0, 0.05) is 18.8 Å². The van der Waals surface area contributed by atoms with Crippen LogP contribution in [0.5, 0.6) is 11.5 Å². The molecule has 0 amide bonds. The number of thioether (sulfide) groups is 1. The van der Waals surface area contributed by atoms with E-state index in [9.17, 15) is 0 Å². The first kappa shape index (κ1) is 21.4. The van der Waals surface area contributed by atoms with E-state index in [1.54, 1.807) is 23.6 Å². The molecule has 0 aliphatic heterocycles. The highest BCUT2D eigenvalue weighted by Crippen LogP contribution is 2.37. The molecule has 1 N–H and O–H groups in total. The zero-order valence-corrected chi connectivity index (χ0v) is 18.2. The second kappa shape index (κ2) is 10.5. The van der Waals surface area contributed by atoms with Gasteiger partial charge in [0.1, 0.15) is 0 Å². The summed E-state index contributed by atoms with van der Waals surface area (Å²) in [5, 5.41) is 16.7. The number of ether oxygens (including phenoxy) is 2. The molecule has 0 radical (unpaired) electrons. The van der Waals surface area contributed by atoms with Crippen LogP contribution in [0.25, 0.3) is 5.69 Å². The van der Waals surface area contributed by atoms with Crippen molar-refractivity contribution in [3.8, 4) is 17.2 Å². The van der Waals surface area contributed by atoms with Crippen LogP contribution < -0.4 is 14.8 Å². The fourth-order valence-electron chi connectivity index (χ4n) is 2.67. The van der Waals surface area contributed by atoms with Crippen molar-refractivity contribution in [2.24, 2.45) is 0 Å². The quantitative estimate of drug-likeness (QED) is 0.382. The van der Waals surface area contributed by atoms with Crippen LogP contribution in [0.4, 0.5) is 0 Å². The minimum atomic E-state index is 0.0230. The average Bonchev–Trinajstić information content (AvgIpc) is 3.18. The van der Waals surface area contributed by atoms with E-state index in [2.05, 4.69) is 20.8 Å². The Morgan fingerprint density at radius 2 is 2.00 bits per heavy atom. The van der Waals surface area contributed by atoms with Crippen molar-refractivity contribution in [1.82, 2.24) is 25.5 Å². The Morgan fingerprint density at radius 1 is 1.21 bits per heavy atom. The molecule has 0 unspecified atom stereocenters. The van der Waals surface area contributed by atoms with Gasteiger partial charge in [-0.15, -0.1) is 5.10 Å². The first-order chi connectivity index (χ1) is 14.1. The second-order valence-corrected chi connectivity index (χ2v) is 7.98. The summed E-state index contributed by atoms with van der Waals surface area (Å²) < 4.78 is 12.9. The number of tetrazole rings is 1. The van der Waals surface area contributed by atoms with E-state index in [0.29, 0.717) is 23.1 Å². The molecule has 0 aliphatic rings. The molecule has 0 bridgehead atoms. The number of rotatable bonds is 10. The molecule has 2 aromatic carbocycles. The molecule has 1 heterocycles. The van der Waals surface area contributed by atoms with Crippen molar-refractivity contribution in [3.05, 3.63) is 53.1 Å². The number of halogens is 1. The summed E-state index contributed by atoms with van der Waals surface area (Å²) in [4.78, 5) is 0. The SMILES string of the molecule is COc1cc(CNCCSc2nnnn2-c2ccccc2)cc(Cl)c1OC(C)C. The van der Waals surface area contributed by atoms with Crippen LogP contribution in [0.2, 0.25) is 5.02 Å². The Kier molecular flexibility index (Phi) is 7.74. The fraction of sp³-hybridized carbons (Fsp3) is 0.350. The molecular weight excluding hydrogens is 410 g/mol. The molecule has 9 heteroatoms. The third-order valence-corrected chi connectivity index (χ3v) is 5.13. The van der Waals surface area contributed by atoms with Crippen LogP contribution in [0.3, 0.4) is 0 Å². The van der Waals surface area contributed by atoms with Crippen LogP contribution in [0.15, 0.2) is 47.6 Å². The van der Waals surface area contributed by atoms with Gasteiger partial charge in [0.15, 0.2) is 11.5 Å². The average molecular weight is 434 g/mol. The van der Waals surface area contributed by atoms with E-state index in [1.165, 1.54) is 0 Å². The Bertz CT molecular complexity index is 920. The second-order valence-electron chi connectivity index (χ2n) is 6.51. The molecule has 3 aromatic rings. The highest BCUT2D eigenvalue weighted by atomic mass is 35.5. The van der Waals surface area contributed by atoms with Gasteiger partial charge in [-0.25, -0.2) is 0 Å². The number of benzene rings is 2. The molecule has 29 heavy (non-hydrogen) atoms. The maximum atomic E-state index is 6.38. The summed E-state index contributed by atoms with van der Waals surface area (Å²) in [6, 6.07) is 13.7. The predicted molar refractivity (Wildman–Crippen MR) is 115 cm³/mol. The van der Waals surface area contributed by atoms with E-state index < -0.39 is 0 Å². The lowest BCUT2D eigenvalue weighted by Gasteiger charge is -2.16. The lowest BCUT2D eigenvalue weighted by molar-refractivity contribution is 0.230. The number of hydrogen-bond acceptors (Lipinski definition) is 7. The van der Waals surface area contributed by atoms with Crippen molar-refractivity contribution >= 4 is 23.4 Å². The van der Waals surface area contributed by atoms with Crippen molar-refractivity contribution in [2.75, 3.05) is 19.4 Å². The topological polar surface area (TPSA) is 74.1 Å². The summed E-state index contributed by atoms with van der Waals surface area (Å²) in [6.07, 6.45) is 0.0230. The lowest BCUT2D eigenvalue weighted by atomic mass is 10.2. The molecule has 0 aliphatic carbocycles. The van der Waals surface area contributed by atoms with E-state index in [1.807, 2.05) is 56.3 Å². The Balaban J connectivity index is 1.52. The van der Waals surface area contributed by atoms with Gasteiger partial charge < -0.3 is 14.8 Å². The van der Waals surface area contributed by atoms with Gasteiger partial charge in [-0.2, -0.15) is 4.68 Å². The van der Waals surface area contributed by atoms with Crippen LogP contribution in [-0.2, 0) is 6.54 Å². The zero-order chi connectivity index (χ0) is 20.6. The molecular formula is C20H24ClN5O2S. The Labute approximate surface area is 179 Å². The van der Waals surface area contributed by atoms with Gasteiger partial charge in [0.25, 0.3) is 0 Å². The number of aromatic nitrogens is 4. The van der Waals surface area contributed by atoms with Gasteiger partial charge in [-0.05, 0) is 54.1 Å². The van der Waals surface area contributed by atoms with Gasteiger partial charge in [-0.1, -0.05) is 41.6 Å². The highest BCUT2D eigenvalue weighted by molar-refractivity contribution is 7.99. The summed E-state index contributed by atoms with van der Waals surface area (Å²) >= 11 is 7.98. The third kappa shape index (κ3) is 5.85. The maximum absolute atomic E-state index is 6.38. The zero-order valence-electron chi connectivity index (χ0n) is 16.6. The van der Waals surface area contributed by atoms with E-state index in [4.69, 9.17) is 21.1 Å². The molecule has 0 saturated heterocycles. The summed E-state index contributed by atoms with van der Waals surface area (Å²) in [7, 11) is 1.61. The van der Waals surface area contributed by atoms with Gasteiger partial charge in [0.2, 0.25) is 5.16 Å². The minimum Gasteiger partial charge on any atom is -0.493 e. The molecule has 0 saturated carbocycles. The summed E-state index contributed by atoms with van der Waals surface area (Å²) in [5.41, 5.74) is 1.97. The Hall–Kier alpha value is -2.29. The molecule has 3 rings (SSSR count). The molecule has 0 fully saturated rings. The van der Waals surface area contributed by atoms with E-state index in [-0.39, 0.29) is 6.10 Å². The first-order valence-corrected chi connectivity index (χ1v) is 10.6. The number of nitrogens with one attached hydrogen (secondary N) is 1. The van der Waals surface area contributed by atoms with E-state index >= 15 is 0 Å². The van der Waals surface area contributed by atoms with Crippen LogP contribution in [-0.4, -0.2) is 45.7 Å². The predicted octanol–water partition coefficient (Wildman–Crippen LogP) is 3.99.